The summed E-state index contributed by atoms with van der Waals surface area (Å²) in [4.78, 5) is 40.0. The summed E-state index contributed by atoms with van der Waals surface area (Å²) >= 11 is 0. The lowest BCUT2D eigenvalue weighted by molar-refractivity contribution is -0.132. The highest BCUT2D eigenvalue weighted by Crippen LogP contribution is 2.42. The fraction of sp³-hybridized carbons (Fsp3) is 0.185. The summed E-state index contributed by atoms with van der Waals surface area (Å²) in [6.45, 7) is 3.87. The van der Waals surface area contributed by atoms with Crippen LogP contribution in [0.3, 0.4) is 0 Å². The van der Waals surface area contributed by atoms with Crippen LogP contribution in [0.1, 0.15) is 28.4 Å². The number of methoxy groups -OCH3 is 2. The second-order valence-electron chi connectivity index (χ2n) is 8.51. The first kappa shape index (κ1) is 23.1. The van der Waals surface area contributed by atoms with Gasteiger partial charge in [-0.15, -0.1) is 0 Å². The maximum atomic E-state index is 13.4. The number of nitrogens with one attached hydrogen (secondary N) is 1. The number of rotatable bonds is 5. The predicted octanol–water partition coefficient (Wildman–Crippen LogP) is 4.22. The van der Waals surface area contributed by atoms with E-state index in [2.05, 4.69) is 15.0 Å². The lowest BCUT2D eigenvalue weighted by Gasteiger charge is -2.22. The van der Waals surface area contributed by atoms with E-state index >= 15 is 0 Å². The van der Waals surface area contributed by atoms with Gasteiger partial charge in [-0.2, -0.15) is 0 Å². The zero-order chi connectivity index (χ0) is 25.6. The first-order chi connectivity index (χ1) is 17.3. The molecule has 1 amide bonds. The number of fused-ring (bicyclic) bond motifs is 1. The first-order valence-electron chi connectivity index (χ1n) is 11.2. The highest BCUT2D eigenvalue weighted by molar-refractivity contribution is 6.51. The van der Waals surface area contributed by atoms with E-state index in [0.29, 0.717) is 33.8 Å². The molecule has 1 saturated heterocycles. The number of nitrogens with zero attached hydrogens (tertiary/aromatic N) is 3. The molecule has 2 aromatic carbocycles. The number of benzene rings is 2. The number of Topliss-reactive ketones (excluding diaryl/α,β-unsaturated/α-hetero) is 1. The molecule has 2 N–H and O–H groups in total. The second-order valence-corrected chi connectivity index (χ2v) is 8.51. The zero-order valence-electron chi connectivity index (χ0n) is 20.2. The number of carbonyl (C=O) groups excluding carboxylic acids is 2. The zero-order valence-corrected chi connectivity index (χ0v) is 20.2. The summed E-state index contributed by atoms with van der Waals surface area (Å²) in [5.74, 6) is -0.823. The number of hydrogen-bond donors (Lipinski definition) is 2. The largest absolute Gasteiger partial charge is 0.507 e. The minimum atomic E-state index is -0.989. The summed E-state index contributed by atoms with van der Waals surface area (Å²) in [5, 5.41) is 11.3. The SMILES string of the molecule is COc1cc2nc(N3C(=O)C(=O)/C(=C(/O)c4ccc(C)c(C)c4)C3c3ccccn3)[nH]c2cc1OC. The van der Waals surface area contributed by atoms with Crippen molar-refractivity contribution in [3.05, 3.63) is 82.7 Å². The number of H-pyrrole nitrogens is 1. The van der Waals surface area contributed by atoms with Crippen molar-refractivity contribution in [2.45, 2.75) is 19.9 Å². The molecule has 2 aromatic heterocycles. The van der Waals surface area contributed by atoms with Crippen molar-refractivity contribution in [1.82, 2.24) is 15.0 Å². The van der Waals surface area contributed by atoms with Crippen molar-refractivity contribution in [3.63, 3.8) is 0 Å². The van der Waals surface area contributed by atoms with Gasteiger partial charge in [-0.1, -0.05) is 18.2 Å². The third kappa shape index (κ3) is 3.65. The summed E-state index contributed by atoms with van der Waals surface area (Å²) in [6.07, 6.45) is 1.57. The van der Waals surface area contributed by atoms with E-state index < -0.39 is 17.7 Å². The molecule has 1 fully saturated rings. The summed E-state index contributed by atoms with van der Waals surface area (Å²) in [6, 6.07) is 12.9. The van der Waals surface area contributed by atoms with E-state index in [-0.39, 0.29) is 17.3 Å². The van der Waals surface area contributed by atoms with Gasteiger partial charge in [0, 0.05) is 23.9 Å². The molecule has 0 aliphatic carbocycles. The molecular weight excluding hydrogens is 460 g/mol. The number of aliphatic hydroxyl groups is 1. The Hall–Kier alpha value is -4.66. The summed E-state index contributed by atoms with van der Waals surface area (Å²) < 4.78 is 10.7. The fourth-order valence-electron chi connectivity index (χ4n) is 4.35. The highest BCUT2D eigenvalue weighted by atomic mass is 16.5. The summed E-state index contributed by atoms with van der Waals surface area (Å²) in [7, 11) is 3.04. The van der Waals surface area contributed by atoms with E-state index in [9.17, 15) is 14.7 Å². The number of ether oxygens (including phenoxy) is 2. The van der Waals surface area contributed by atoms with Crippen molar-refractivity contribution in [3.8, 4) is 11.5 Å². The number of ketones is 1. The summed E-state index contributed by atoms with van der Waals surface area (Å²) in [5.41, 5.74) is 3.88. The van der Waals surface area contributed by atoms with Crippen LogP contribution in [0, 0.1) is 13.8 Å². The Morgan fingerprint density at radius 1 is 1.00 bits per heavy atom. The van der Waals surface area contributed by atoms with Crippen molar-refractivity contribution in [1.29, 1.82) is 0 Å². The van der Waals surface area contributed by atoms with Crippen LogP contribution in [0.25, 0.3) is 16.8 Å². The molecule has 3 heterocycles. The Bertz CT molecular complexity index is 1500. The molecular formula is C27H24N4O5. The van der Waals surface area contributed by atoms with Crippen LogP contribution >= 0.6 is 0 Å². The third-order valence-electron chi connectivity index (χ3n) is 6.40. The fourth-order valence-corrected chi connectivity index (χ4v) is 4.35. The molecule has 182 valence electrons. The van der Waals surface area contributed by atoms with Gasteiger partial charge in [0.05, 0.1) is 36.5 Å². The average molecular weight is 485 g/mol. The quantitative estimate of drug-likeness (QED) is 0.247. The van der Waals surface area contributed by atoms with Crippen molar-refractivity contribution in [2.75, 3.05) is 19.1 Å². The van der Waals surface area contributed by atoms with Crippen molar-refractivity contribution < 1.29 is 24.2 Å². The Kier molecular flexibility index (Phi) is 5.68. The molecule has 1 aliphatic rings. The van der Waals surface area contributed by atoms with E-state index in [1.54, 1.807) is 48.7 Å². The monoisotopic (exact) mass is 484 g/mol. The van der Waals surface area contributed by atoms with Crippen LogP contribution in [0.15, 0.2) is 60.3 Å². The Balaban J connectivity index is 1.71. The average Bonchev–Trinajstić information content (AvgIpc) is 3.42. The van der Waals surface area contributed by atoms with Gasteiger partial charge in [-0.05, 0) is 43.2 Å². The molecule has 36 heavy (non-hydrogen) atoms. The van der Waals surface area contributed by atoms with Gasteiger partial charge in [-0.25, -0.2) is 4.98 Å². The number of amides is 1. The Morgan fingerprint density at radius 3 is 2.42 bits per heavy atom. The molecule has 0 bridgehead atoms. The van der Waals surface area contributed by atoms with Gasteiger partial charge < -0.3 is 19.6 Å². The minimum Gasteiger partial charge on any atom is -0.507 e. The molecule has 9 heteroatoms. The molecule has 4 aromatic rings. The molecule has 0 spiro atoms. The van der Waals surface area contributed by atoms with E-state index in [4.69, 9.17) is 9.47 Å². The molecule has 1 atom stereocenters. The molecule has 5 rings (SSSR count). The van der Waals surface area contributed by atoms with Crippen LogP contribution in [0.2, 0.25) is 0 Å². The predicted molar refractivity (Wildman–Crippen MR) is 134 cm³/mol. The number of aromatic nitrogens is 3. The van der Waals surface area contributed by atoms with Gasteiger partial charge in [-0.3, -0.25) is 19.5 Å². The second kappa shape index (κ2) is 8.84. The Morgan fingerprint density at radius 2 is 1.75 bits per heavy atom. The molecule has 1 unspecified atom stereocenters. The van der Waals surface area contributed by atoms with Crippen LogP contribution < -0.4 is 14.4 Å². The van der Waals surface area contributed by atoms with Crippen LogP contribution in [-0.2, 0) is 9.59 Å². The molecule has 0 radical (unpaired) electrons. The highest BCUT2D eigenvalue weighted by Gasteiger charge is 2.48. The number of imidazole rings is 1. The number of carbonyl (C=O) groups is 2. The lowest BCUT2D eigenvalue weighted by atomic mass is 9.96. The maximum absolute atomic E-state index is 13.4. The van der Waals surface area contributed by atoms with Crippen LogP contribution in [0.5, 0.6) is 11.5 Å². The number of anilines is 1. The van der Waals surface area contributed by atoms with Crippen molar-refractivity contribution in [2.24, 2.45) is 0 Å². The lowest BCUT2D eigenvalue weighted by Crippen LogP contribution is -2.30. The Labute approximate surface area is 207 Å². The standard InChI is InChI=1S/C27H24N4O5/c1-14-8-9-16(11-15(14)2)24(32)22-23(17-7-5-6-10-28-17)31(26(34)25(22)33)27-29-18-12-20(35-3)21(36-4)13-19(18)30-27/h5-13,23,32H,1-4H3,(H,29,30)/b24-22+. The minimum absolute atomic E-state index is 0.0578. The van der Waals surface area contributed by atoms with Gasteiger partial charge in [0.15, 0.2) is 11.5 Å². The van der Waals surface area contributed by atoms with Crippen LogP contribution in [0.4, 0.5) is 5.95 Å². The number of aliphatic hydroxyl groups excluding tert-OH is 1. The van der Waals surface area contributed by atoms with Gasteiger partial charge in [0.2, 0.25) is 5.95 Å². The van der Waals surface area contributed by atoms with Gasteiger partial charge in [0.25, 0.3) is 5.78 Å². The number of pyridine rings is 1. The molecule has 1 aliphatic heterocycles. The van der Waals surface area contributed by atoms with Gasteiger partial charge >= 0.3 is 5.91 Å². The number of aromatic amines is 1. The van der Waals surface area contributed by atoms with E-state index in [1.807, 2.05) is 19.9 Å². The topological polar surface area (TPSA) is 118 Å². The smallest absolute Gasteiger partial charge is 0.302 e. The van der Waals surface area contributed by atoms with E-state index in [1.165, 1.54) is 19.1 Å². The molecule has 9 nitrogen and oxygen atoms in total. The first-order valence-corrected chi connectivity index (χ1v) is 11.2. The van der Waals surface area contributed by atoms with Gasteiger partial charge in [0.1, 0.15) is 11.8 Å². The molecule has 0 saturated carbocycles. The van der Waals surface area contributed by atoms with E-state index in [0.717, 1.165) is 11.1 Å². The normalized spacial score (nSPS) is 17.1. The maximum Gasteiger partial charge on any atom is 0.302 e. The van der Waals surface area contributed by atoms with Crippen molar-refractivity contribution >= 4 is 34.4 Å². The number of hydrogen-bond acceptors (Lipinski definition) is 7. The van der Waals surface area contributed by atoms with Crippen LogP contribution in [-0.4, -0.2) is 46.0 Å². The number of aryl methyl sites for hydroxylation is 2. The third-order valence-corrected chi connectivity index (χ3v) is 6.40.